The number of carbonyl (C=O) groups excluding carboxylic acids is 1. The Morgan fingerprint density at radius 1 is 1.15 bits per heavy atom. The molecule has 0 aliphatic carbocycles. The van der Waals surface area contributed by atoms with Crippen LogP contribution < -0.4 is 10.6 Å². The van der Waals surface area contributed by atoms with E-state index in [0.717, 1.165) is 5.56 Å². The molecule has 0 spiro atoms. The Labute approximate surface area is 152 Å². The van der Waals surface area contributed by atoms with Crippen LogP contribution in [0, 0.1) is 5.82 Å². The molecule has 1 aliphatic rings. The van der Waals surface area contributed by atoms with Gasteiger partial charge in [0.2, 0.25) is 5.91 Å². The van der Waals surface area contributed by atoms with Crippen molar-refractivity contribution in [1.29, 1.82) is 0 Å². The quantitative estimate of drug-likeness (QED) is 0.852. The molecule has 1 heterocycles. The number of halogens is 2. The van der Waals surface area contributed by atoms with Crippen LogP contribution in [0.4, 0.5) is 8.78 Å². The minimum absolute atomic E-state index is 0.0815. The van der Waals surface area contributed by atoms with Gasteiger partial charge in [0.25, 0.3) is 0 Å². The third kappa shape index (κ3) is 4.10. The van der Waals surface area contributed by atoms with E-state index >= 15 is 0 Å². The van der Waals surface area contributed by atoms with Crippen LogP contribution in [0.1, 0.15) is 48.9 Å². The summed E-state index contributed by atoms with van der Waals surface area (Å²) in [6.45, 7) is 4.06. The summed E-state index contributed by atoms with van der Waals surface area (Å²) >= 11 is 0. The fourth-order valence-corrected chi connectivity index (χ4v) is 3.33. The van der Waals surface area contributed by atoms with E-state index in [1.54, 1.807) is 6.07 Å². The minimum Gasteiger partial charge on any atom is -0.344 e. The zero-order chi connectivity index (χ0) is 18.7. The number of alkyl halides is 1. The normalized spacial score (nSPS) is 21.0. The van der Waals surface area contributed by atoms with Gasteiger partial charge in [-0.2, -0.15) is 0 Å². The van der Waals surface area contributed by atoms with E-state index in [2.05, 4.69) is 10.6 Å². The Kier molecular flexibility index (Phi) is 5.67. The number of hydrogen-bond donors (Lipinski definition) is 2. The Morgan fingerprint density at radius 2 is 1.88 bits per heavy atom. The molecule has 138 valence electrons. The van der Waals surface area contributed by atoms with Crippen molar-refractivity contribution in [2.45, 2.75) is 44.4 Å². The predicted molar refractivity (Wildman–Crippen MR) is 98.2 cm³/mol. The van der Waals surface area contributed by atoms with Crippen LogP contribution in [-0.4, -0.2) is 24.7 Å². The number of benzene rings is 2. The SMILES string of the molecule is CC(C)c1ccc([C@@H](NC(=O)[C@@H]2C[C@@H](F)CN2)c2ccccc2)cc1F. The highest BCUT2D eigenvalue weighted by molar-refractivity contribution is 5.83. The lowest BCUT2D eigenvalue weighted by atomic mass is 9.94. The molecule has 1 amide bonds. The highest BCUT2D eigenvalue weighted by atomic mass is 19.1. The molecule has 0 unspecified atom stereocenters. The molecule has 26 heavy (non-hydrogen) atoms. The summed E-state index contributed by atoms with van der Waals surface area (Å²) in [7, 11) is 0. The third-order valence-electron chi connectivity index (χ3n) is 4.79. The standard InChI is InChI=1S/C21H24F2N2O/c1-13(2)17-9-8-15(10-18(17)23)20(14-6-4-3-5-7-14)25-21(26)19-11-16(22)12-24-19/h3-10,13,16,19-20,24H,11-12H2,1-2H3,(H,25,26)/t16-,19+,20+/m1/s1. The maximum Gasteiger partial charge on any atom is 0.237 e. The molecule has 3 nitrogen and oxygen atoms in total. The molecule has 1 aliphatic heterocycles. The summed E-state index contributed by atoms with van der Waals surface area (Å²) in [5.74, 6) is -0.471. The van der Waals surface area contributed by atoms with Gasteiger partial charge in [-0.05, 0) is 28.7 Å². The van der Waals surface area contributed by atoms with Gasteiger partial charge in [0.1, 0.15) is 12.0 Å². The van der Waals surface area contributed by atoms with E-state index in [4.69, 9.17) is 0 Å². The van der Waals surface area contributed by atoms with E-state index in [9.17, 15) is 13.6 Å². The largest absolute Gasteiger partial charge is 0.344 e. The molecule has 3 rings (SSSR count). The minimum atomic E-state index is -1.01. The first-order chi connectivity index (χ1) is 12.5. The molecule has 0 saturated carbocycles. The average Bonchev–Trinajstić information content (AvgIpc) is 3.06. The highest BCUT2D eigenvalue weighted by Gasteiger charge is 2.31. The van der Waals surface area contributed by atoms with Gasteiger partial charge < -0.3 is 10.6 Å². The second-order valence-electron chi connectivity index (χ2n) is 7.08. The summed E-state index contributed by atoms with van der Waals surface area (Å²) in [6.07, 6.45) is -0.850. The van der Waals surface area contributed by atoms with Crippen molar-refractivity contribution in [2.24, 2.45) is 0 Å². The van der Waals surface area contributed by atoms with E-state index in [-0.39, 0.29) is 30.6 Å². The van der Waals surface area contributed by atoms with Gasteiger partial charge in [-0.15, -0.1) is 0 Å². The monoisotopic (exact) mass is 358 g/mol. The van der Waals surface area contributed by atoms with Crippen LogP contribution in [0.2, 0.25) is 0 Å². The lowest BCUT2D eigenvalue weighted by Crippen LogP contribution is -2.42. The van der Waals surface area contributed by atoms with Crippen LogP contribution in [0.15, 0.2) is 48.5 Å². The highest BCUT2D eigenvalue weighted by Crippen LogP contribution is 2.27. The molecule has 2 N–H and O–H groups in total. The van der Waals surface area contributed by atoms with E-state index in [1.165, 1.54) is 6.07 Å². The van der Waals surface area contributed by atoms with Crippen LogP contribution in [0.3, 0.4) is 0 Å². The van der Waals surface area contributed by atoms with Gasteiger partial charge in [-0.1, -0.05) is 56.3 Å². The Bertz CT molecular complexity index is 764. The number of hydrogen-bond acceptors (Lipinski definition) is 2. The fourth-order valence-electron chi connectivity index (χ4n) is 3.33. The Morgan fingerprint density at radius 3 is 2.46 bits per heavy atom. The van der Waals surface area contributed by atoms with Gasteiger partial charge in [0, 0.05) is 13.0 Å². The van der Waals surface area contributed by atoms with Crippen LogP contribution in [0.5, 0.6) is 0 Å². The molecule has 5 heteroatoms. The van der Waals surface area contributed by atoms with Crippen molar-refractivity contribution in [3.63, 3.8) is 0 Å². The van der Waals surface area contributed by atoms with Gasteiger partial charge in [-0.25, -0.2) is 8.78 Å². The first kappa shape index (κ1) is 18.5. The van der Waals surface area contributed by atoms with Gasteiger partial charge in [0.15, 0.2) is 0 Å². The molecule has 2 aromatic carbocycles. The maximum absolute atomic E-state index is 14.5. The summed E-state index contributed by atoms with van der Waals surface area (Å²) in [5.41, 5.74) is 2.17. The van der Waals surface area contributed by atoms with Crippen LogP contribution >= 0.6 is 0 Å². The molecule has 0 bridgehead atoms. The van der Waals surface area contributed by atoms with Crippen molar-refractivity contribution in [2.75, 3.05) is 6.54 Å². The zero-order valence-corrected chi connectivity index (χ0v) is 15.0. The van der Waals surface area contributed by atoms with Crippen molar-refractivity contribution in [1.82, 2.24) is 10.6 Å². The molecular formula is C21H24F2N2O. The molecular weight excluding hydrogens is 334 g/mol. The number of amides is 1. The zero-order valence-electron chi connectivity index (χ0n) is 15.0. The first-order valence-electron chi connectivity index (χ1n) is 8.98. The summed E-state index contributed by atoms with van der Waals surface area (Å²) < 4.78 is 27.9. The second-order valence-corrected chi connectivity index (χ2v) is 7.08. The molecule has 3 atom stereocenters. The lowest BCUT2D eigenvalue weighted by molar-refractivity contribution is -0.123. The average molecular weight is 358 g/mol. The summed E-state index contributed by atoms with van der Waals surface area (Å²) in [6, 6.07) is 13.5. The smallest absolute Gasteiger partial charge is 0.237 e. The van der Waals surface area contributed by atoms with Crippen molar-refractivity contribution >= 4 is 5.91 Å². The molecule has 1 fully saturated rings. The number of nitrogens with one attached hydrogen (secondary N) is 2. The summed E-state index contributed by atoms with van der Waals surface area (Å²) in [5, 5.41) is 5.84. The second kappa shape index (κ2) is 7.96. The van der Waals surface area contributed by atoms with E-state index in [1.807, 2.05) is 50.2 Å². The maximum atomic E-state index is 14.5. The molecule has 1 saturated heterocycles. The van der Waals surface area contributed by atoms with Crippen LogP contribution in [-0.2, 0) is 4.79 Å². The summed E-state index contributed by atoms with van der Waals surface area (Å²) in [4.78, 5) is 12.6. The van der Waals surface area contributed by atoms with E-state index < -0.39 is 18.3 Å². The van der Waals surface area contributed by atoms with Gasteiger partial charge >= 0.3 is 0 Å². The number of rotatable bonds is 5. The van der Waals surface area contributed by atoms with Gasteiger partial charge in [-0.3, -0.25) is 4.79 Å². The van der Waals surface area contributed by atoms with Crippen molar-refractivity contribution in [3.05, 3.63) is 71.0 Å². The van der Waals surface area contributed by atoms with Crippen LogP contribution in [0.25, 0.3) is 0 Å². The predicted octanol–water partition coefficient (Wildman–Crippen LogP) is 3.85. The lowest BCUT2D eigenvalue weighted by Gasteiger charge is -2.23. The van der Waals surface area contributed by atoms with Crippen molar-refractivity contribution in [3.8, 4) is 0 Å². The molecule has 0 aromatic heterocycles. The van der Waals surface area contributed by atoms with Gasteiger partial charge in [0.05, 0.1) is 12.1 Å². The number of carbonyl (C=O) groups is 1. The van der Waals surface area contributed by atoms with Crippen molar-refractivity contribution < 1.29 is 13.6 Å². The fraction of sp³-hybridized carbons (Fsp3) is 0.381. The third-order valence-corrected chi connectivity index (χ3v) is 4.79. The van der Waals surface area contributed by atoms with E-state index in [0.29, 0.717) is 11.1 Å². The Hall–Kier alpha value is -2.27. The topological polar surface area (TPSA) is 41.1 Å². The molecule has 0 radical (unpaired) electrons. The first-order valence-corrected chi connectivity index (χ1v) is 8.98. The molecule has 2 aromatic rings. The Balaban J connectivity index is 1.89.